The van der Waals surface area contributed by atoms with Crippen molar-refractivity contribution in [2.24, 2.45) is 5.92 Å². The lowest BCUT2D eigenvalue weighted by atomic mass is 10.1. The van der Waals surface area contributed by atoms with Crippen molar-refractivity contribution in [3.05, 3.63) is 29.8 Å². The van der Waals surface area contributed by atoms with Crippen LogP contribution in [-0.2, 0) is 9.59 Å². The van der Waals surface area contributed by atoms with Crippen LogP contribution in [0.5, 0.6) is 0 Å². The molecule has 0 aliphatic carbocycles. The number of carboxylic acid groups (broad SMARTS) is 2. The van der Waals surface area contributed by atoms with E-state index in [4.69, 9.17) is 15.5 Å². The number of hydrogen-bond donors (Lipinski definition) is 3. The van der Waals surface area contributed by atoms with Crippen LogP contribution in [-0.4, -0.2) is 28.7 Å². The van der Waals surface area contributed by atoms with Crippen LogP contribution in [0.15, 0.2) is 24.3 Å². The molecule has 1 aromatic rings. The average Bonchev–Trinajstić information content (AvgIpc) is 2.34. The first-order valence-corrected chi connectivity index (χ1v) is 5.21. The van der Waals surface area contributed by atoms with Crippen molar-refractivity contribution >= 4 is 17.6 Å². The molecule has 0 bridgehead atoms. The molecule has 1 atom stereocenters. The SMILES string of the molecule is N#Cc1cccc(NCC(CC(=O)O)C(=O)O)c1. The fraction of sp³-hybridized carbons (Fsp3) is 0.250. The first-order valence-electron chi connectivity index (χ1n) is 5.21. The first kappa shape index (κ1) is 13.5. The van der Waals surface area contributed by atoms with E-state index in [9.17, 15) is 9.59 Å². The second kappa shape index (κ2) is 6.25. The molecule has 6 nitrogen and oxygen atoms in total. The molecule has 1 aromatic carbocycles. The van der Waals surface area contributed by atoms with Crippen molar-refractivity contribution in [2.45, 2.75) is 6.42 Å². The third-order valence-electron chi connectivity index (χ3n) is 2.31. The summed E-state index contributed by atoms with van der Waals surface area (Å²) in [5.41, 5.74) is 1.04. The Morgan fingerprint density at radius 2 is 2.11 bits per heavy atom. The van der Waals surface area contributed by atoms with Crippen LogP contribution >= 0.6 is 0 Å². The predicted octanol–water partition coefficient (Wildman–Crippen LogP) is 1.15. The topological polar surface area (TPSA) is 110 Å². The number of nitriles is 1. The molecule has 18 heavy (non-hydrogen) atoms. The van der Waals surface area contributed by atoms with E-state index in [0.717, 1.165) is 0 Å². The monoisotopic (exact) mass is 248 g/mol. The smallest absolute Gasteiger partial charge is 0.308 e. The quantitative estimate of drug-likeness (QED) is 0.696. The van der Waals surface area contributed by atoms with Gasteiger partial charge in [-0.1, -0.05) is 6.07 Å². The molecular weight excluding hydrogens is 236 g/mol. The van der Waals surface area contributed by atoms with Crippen LogP contribution < -0.4 is 5.32 Å². The van der Waals surface area contributed by atoms with Gasteiger partial charge in [0, 0.05) is 12.2 Å². The first-order chi connectivity index (χ1) is 8.52. The number of rotatable bonds is 6. The molecule has 6 heteroatoms. The molecular formula is C12H12N2O4. The summed E-state index contributed by atoms with van der Waals surface area (Å²) in [6.07, 6.45) is -0.444. The van der Waals surface area contributed by atoms with E-state index in [1.54, 1.807) is 24.3 Å². The maximum Gasteiger partial charge on any atom is 0.308 e. The molecule has 0 aliphatic heterocycles. The Morgan fingerprint density at radius 1 is 1.39 bits per heavy atom. The third kappa shape index (κ3) is 4.14. The van der Waals surface area contributed by atoms with Gasteiger partial charge in [-0.05, 0) is 18.2 Å². The molecule has 0 fully saturated rings. The maximum absolute atomic E-state index is 10.8. The molecule has 0 aromatic heterocycles. The molecule has 1 rings (SSSR count). The molecule has 0 amide bonds. The van der Waals surface area contributed by atoms with Crippen LogP contribution in [0.4, 0.5) is 5.69 Å². The average molecular weight is 248 g/mol. The van der Waals surface area contributed by atoms with Crippen LogP contribution in [0.2, 0.25) is 0 Å². The predicted molar refractivity (Wildman–Crippen MR) is 63.0 cm³/mol. The molecule has 0 radical (unpaired) electrons. The Morgan fingerprint density at radius 3 is 2.67 bits per heavy atom. The van der Waals surface area contributed by atoms with Gasteiger partial charge in [0.1, 0.15) is 0 Å². The van der Waals surface area contributed by atoms with Gasteiger partial charge in [-0.3, -0.25) is 9.59 Å². The Balaban J connectivity index is 2.64. The van der Waals surface area contributed by atoms with Crippen molar-refractivity contribution < 1.29 is 19.8 Å². The van der Waals surface area contributed by atoms with Crippen LogP contribution in [0, 0.1) is 17.2 Å². The van der Waals surface area contributed by atoms with Gasteiger partial charge in [0.15, 0.2) is 0 Å². The molecule has 0 saturated carbocycles. The highest BCUT2D eigenvalue weighted by molar-refractivity contribution is 5.78. The number of carbonyl (C=O) groups is 2. The number of hydrogen-bond acceptors (Lipinski definition) is 4. The number of benzene rings is 1. The maximum atomic E-state index is 10.8. The van der Waals surface area contributed by atoms with Crippen LogP contribution in [0.25, 0.3) is 0 Å². The van der Waals surface area contributed by atoms with Crippen molar-refractivity contribution in [3.8, 4) is 6.07 Å². The second-order valence-electron chi connectivity index (χ2n) is 3.71. The van der Waals surface area contributed by atoms with E-state index in [1.807, 2.05) is 6.07 Å². The lowest BCUT2D eigenvalue weighted by Crippen LogP contribution is -2.25. The van der Waals surface area contributed by atoms with Crippen LogP contribution in [0.3, 0.4) is 0 Å². The minimum Gasteiger partial charge on any atom is -0.481 e. The lowest BCUT2D eigenvalue weighted by Gasteiger charge is -2.12. The Labute approximate surface area is 103 Å². The van der Waals surface area contributed by atoms with E-state index in [1.165, 1.54) is 0 Å². The number of nitrogens with zero attached hydrogens (tertiary/aromatic N) is 1. The summed E-state index contributed by atoms with van der Waals surface area (Å²) in [7, 11) is 0. The normalized spacial score (nSPS) is 11.3. The van der Waals surface area contributed by atoms with E-state index in [2.05, 4.69) is 5.32 Å². The highest BCUT2D eigenvalue weighted by Gasteiger charge is 2.20. The zero-order valence-corrected chi connectivity index (χ0v) is 9.46. The number of nitrogens with one attached hydrogen (secondary N) is 1. The lowest BCUT2D eigenvalue weighted by molar-refractivity contribution is -0.147. The minimum absolute atomic E-state index is 0.00346. The molecule has 94 valence electrons. The van der Waals surface area contributed by atoms with Gasteiger partial charge in [-0.15, -0.1) is 0 Å². The van der Waals surface area contributed by atoms with Gasteiger partial charge < -0.3 is 15.5 Å². The number of anilines is 1. The Bertz CT molecular complexity index is 493. The highest BCUT2D eigenvalue weighted by atomic mass is 16.4. The molecule has 0 heterocycles. The molecule has 0 aliphatic rings. The number of aliphatic carboxylic acids is 2. The van der Waals surface area contributed by atoms with E-state index < -0.39 is 24.3 Å². The summed E-state index contributed by atoms with van der Waals surface area (Å²) in [6.45, 7) is -0.00346. The molecule has 1 unspecified atom stereocenters. The van der Waals surface area contributed by atoms with Gasteiger partial charge >= 0.3 is 11.9 Å². The highest BCUT2D eigenvalue weighted by Crippen LogP contribution is 2.12. The van der Waals surface area contributed by atoms with Crippen molar-refractivity contribution in [1.29, 1.82) is 5.26 Å². The molecule has 0 saturated heterocycles. The van der Waals surface area contributed by atoms with Crippen molar-refractivity contribution in [2.75, 3.05) is 11.9 Å². The number of carboxylic acids is 2. The summed E-state index contributed by atoms with van der Waals surface area (Å²) in [5, 5.41) is 28.9. The standard InChI is InChI=1S/C12H12N2O4/c13-6-8-2-1-3-10(4-8)14-7-9(12(17)18)5-11(15)16/h1-4,9,14H,5,7H2,(H,15,16)(H,17,18). The fourth-order valence-corrected chi connectivity index (χ4v) is 1.40. The van der Waals surface area contributed by atoms with Crippen LogP contribution in [0.1, 0.15) is 12.0 Å². The molecule has 3 N–H and O–H groups in total. The van der Waals surface area contributed by atoms with Gasteiger partial charge in [0.25, 0.3) is 0 Å². The Hall–Kier alpha value is -2.55. The summed E-state index contributed by atoms with van der Waals surface area (Å²) in [5.74, 6) is -3.33. The zero-order chi connectivity index (χ0) is 13.5. The van der Waals surface area contributed by atoms with Gasteiger partial charge in [0.05, 0.1) is 24.0 Å². The van der Waals surface area contributed by atoms with E-state index in [0.29, 0.717) is 11.3 Å². The van der Waals surface area contributed by atoms with E-state index >= 15 is 0 Å². The fourth-order valence-electron chi connectivity index (χ4n) is 1.40. The largest absolute Gasteiger partial charge is 0.481 e. The Kier molecular flexibility index (Phi) is 4.69. The van der Waals surface area contributed by atoms with E-state index in [-0.39, 0.29) is 6.54 Å². The van der Waals surface area contributed by atoms with Gasteiger partial charge in [-0.25, -0.2) is 0 Å². The molecule has 0 spiro atoms. The van der Waals surface area contributed by atoms with Crippen molar-refractivity contribution in [1.82, 2.24) is 0 Å². The second-order valence-corrected chi connectivity index (χ2v) is 3.71. The summed E-state index contributed by atoms with van der Waals surface area (Å²) < 4.78 is 0. The summed E-state index contributed by atoms with van der Waals surface area (Å²) in [4.78, 5) is 21.3. The van der Waals surface area contributed by atoms with Crippen molar-refractivity contribution in [3.63, 3.8) is 0 Å². The van der Waals surface area contributed by atoms with Gasteiger partial charge in [-0.2, -0.15) is 5.26 Å². The summed E-state index contributed by atoms with van der Waals surface area (Å²) >= 11 is 0. The minimum atomic E-state index is -1.17. The van der Waals surface area contributed by atoms with Gasteiger partial charge in [0.2, 0.25) is 0 Å². The third-order valence-corrected chi connectivity index (χ3v) is 2.31. The summed E-state index contributed by atoms with van der Waals surface area (Å²) in [6, 6.07) is 8.49. The zero-order valence-electron chi connectivity index (χ0n) is 9.46.